The van der Waals surface area contributed by atoms with Crippen LogP contribution in [0.25, 0.3) is 0 Å². The van der Waals surface area contributed by atoms with E-state index in [0.29, 0.717) is 17.5 Å². The molecule has 1 aromatic heterocycles. The van der Waals surface area contributed by atoms with Gasteiger partial charge in [-0.05, 0) is 30.5 Å². The first kappa shape index (κ1) is 22.6. The van der Waals surface area contributed by atoms with E-state index in [-0.39, 0.29) is 18.4 Å². The number of carbonyl (C=O) groups is 2. The number of carbonyl (C=O) groups excluding carboxylic acids is 2. The van der Waals surface area contributed by atoms with Gasteiger partial charge in [-0.3, -0.25) is 9.59 Å². The van der Waals surface area contributed by atoms with Gasteiger partial charge in [0, 0.05) is 12.7 Å². The molecule has 1 unspecified atom stereocenters. The summed E-state index contributed by atoms with van der Waals surface area (Å²) in [5.41, 5.74) is 2.90. The van der Waals surface area contributed by atoms with E-state index < -0.39 is 5.25 Å². The van der Waals surface area contributed by atoms with E-state index in [1.807, 2.05) is 61.5 Å². The van der Waals surface area contributed by atoms with Crippen LogP contribution in [0.5, 0.6) is 0 Å². The molecule has 1 N–H and O–H groups in total. The first-order valence-corrected chi connectivity index (χ1v) is 11.0. The third kappa shape index (κ3) is 6.42. The molecule has 3 aromatic rings. The molecular formula is C23H26N4O3S. The molecule has 1 atom stereocenters. The molecule has 2 aromatic carbocycles. The maximum absolute atomic E-state index is 12.7. The lowest BCUT2D eigenvalue weighted by Gasteiger charge is -2.20. The van der Waals surface area contributed by atoms with Gasteiger partial charge < -0.3 is 14.6 Å². The van der Waals surface area contributed by atoms with Crippen LogP contribution in [0, 0.1) is 0 Å². The quantitative estimate of drug-likeness (QED) is 0.511. The number of hydrogen-bond donors (Lipinski definition) is 1. The average molecular weight is 439 g/mol. The summed E-state index contributed by atoms with van der Waals surface area (Å²) < 4.78 is 5.66. The first-order valence-electron chi connectivity index (χ1n) is 10.1. The molecule has 0 aliphatic heterocycles. The number of aromatic nitrogens is 2. The Morgan fingerprint density at radius 3 is 2.55 bits per heavy atom. The van der Waals surface area contributed by atoms with E-state index in [2.05, 4.69) is 15.5 Å². The average Bonchev–Trinajstić information content (AvgIpc) is 3.20. The molecule has 8 heteroatoms. The van der Waals surface area contributed by atoms with Crippen LogP contribution in [-0.4, -0.2) is 45.8 Å². The summed E-state index contributed by atoms with van der Waals surface area (Å²) in [6.07, 6.45) is 1.35. The van der Waals surface area contributed by atoms with Gasteiger partial charge in [0.15, 0.2) is 0 Å². The molecule has 0 fully saturated rings. The Balaban J connectivity index is 1.51. The predicted molar refractivity (Wildman–Crippen MR) is 121 cm³/mol. The molecule has 0 aliphatic carbocycles. The lowest BCUT2D eigenvalue weighted by atomic mass is 10.1. The molecule has 31 heavy (non-hydrogen) atoms. The molecule has 162 valence electrons. The van der Waals surface area contributed by atoms with Crippen LogP contribution in [-0.2, 0) is 22.4 Å². The smallest absolute Gasteiger partial charge is 0.277 e. The predicted octanol–water partition coefficient (Wildman–Crippen LogP) is 3.80. The summed E-state index contributed by atoms with van der Waals surface area (Å²) in [6, 6.07) is 17.5. The monoisotopic (exact) mass is 438 g/mol. The van der Waals surface area contributed by atoms with Crippen LogP contribution in [0.2, 0.25) is 0 Å². The van der Waals surface area contributed by atoms with Gasteiger partial charge in [-0.1, -0.05) is 67.2 Å². The van der Waals surface area contributed by atoms with E-state index in [9.17, 15) is 9.59 Å². The molecule has 2 amide bonds. The summed E-state index contributed by atoms with van der Waals surface area (Å²) >= 11 is 1.19. The molecule has 7 nitrogen and oxygen atoms in total. The summed E-state index contributed by atoms with van der Waals surface area (Å²) in [7, 11) is 1.61. The summed E-state index contributed by atoms with van der Waals surface area (Å²) in [5, 5.41) is 10.8. The van der Waals surface area contributed by atoms with E-state index >= 15 is 0 Å². The highest BCUT2D eigenvalue weighted by molar-refractivity contribution is 8.00. The van der Waals surface area contributed by atoms with Gasteiger partial charge in [0.1, 0.15) is 0 Å². The summed E-state index contributed by atoms with van der Waals surface area (Å²) in [5.74, 6) is 0.0688. The van der Waals surface area contributed by atoms with Gasteiger partial charge in [-0.25, -0.2) is 0 Å². The SMILES string of the molecule is CCc1ccccc1NC(=O)CN(C)C(=O)C(C)Sc1nnc(Cc2ccccc2)o1. The molecule has 0 spiro atoms. The number of para-hydroxylation sites is 1. The van der Waals surface area contributed by atoms with Gasteiger partial charge in [0.2, 0.25) is 17.7 Å². The van der Waals surface area contributed by atoms with Crippen LogP contribution in [0.3, 0.4) is 0 Å². The highest BCUT2D eigenvalue weighted by Crippen LogP contribution is 2.24. The Morgan fingerprint density at radius 1 is 1.10 bits per heavy atom. The Hall–Kier alpha value is -3.13. The van der Waals surface area contributed by atoms with Crippen molar-refractivity contribution >= 4 is 29.3 Å². The topological polar surface area (TPSA) is 88.3 Å². The van der Waals surface area contributed by atoms with Crippen LogP contribution >= 0.6 is 11.8 Å². The summed E-state index contributed by atoms with van der Waals surface area (Å²) in [6.45, 7) is 3.75. The maximum atomic E-state index is 12.7. The van der Waals surface area contributed by atoms with Crippen molar-refractivity contribution in [1.82, 2.24) is 15.1 Å². The Morgan fingerprint density at radius 2 is 1.81 bits per heavy atom. The third-order valence-electron chi connectivity index (χ3n) is 4.70. The van der Waals surface area contributed by atoms with Gasteiger partial charge in [0.25, 0.3) is 5.22 Å². The lowest BCUT2D eigenvalue weighted by molar-refractivity contribution is -0.132. The van der Waals surface area contributed by atoms with Crippen LogP contribution in [0.4, 0.5) is 5.69 Å². The van der Waals surface area contributed by atoms with Crippen molar-refractivity contribution in [2.45, 2.75) is 37.2 Å². The van der Waals surface area contributed by atoms with Gasteiger partial charge in [-0.15, -0.1) is 10.2 Å². The Bertz CT molecular complexity index is 1020. The highest BCUT2D eigenvalue weighted by Gasteiger charge is 2.23. The van der Waals surface area contributed by atoms with Crippen molar-refractivity contribution < 1.29 is 14.0 Å². The number of aryl methyl sites for hydroxylation is 1. The van der Waals surface area contributed by atoms with Crippen LogP contribution in [0.1, 0.15) is 30.9 Å². The lowest BCUT2D eigenvalue weighted by Crippen LogP contribution is -2.39. The van der Waals surface area contributed by atoms with E-state index in [4.69, 9.17) is 4.42 Å². The fraction of sp³-hybridized carbons (Fsp3) is 0.304. The molecule has 3 rings (SSSR count). The van der Waals surface area contributed by atoms with Gasteiger partial charge >= 0.3 is 0 Å². The number of likely N-dealkylation sites (N-methyl/N-ethyl adjacent to an activating group) is 1. The van der Waals surface area contributed by atoms with Crippen molar-refractivity contribution in [3.05, 3.63) is 71.6 Å². The van der Waals surface area contributed by atoms with Crippen molar-refractivity contribution in [2.75, 3.05) is 18.9 Å². The Labute approximate surface area is 186 Å². The molecule has 0 saturated heterocycles. The molecule has 0 bridgehead atoms. The van der Waals surface area contributed by atoms with Gasteiger partial charge in [-0.2, -0.15) is 0 Å². The minimum absolute atomic E-state index is 0.0368. The minimum atomic E-state index is -0.467. The number of nitrogens with zero attached hydrogens (tertiary/aromatic N) is 3. The zero-order valence-electron chi connectivity index (χ0n) is 17.9. The molecule has 0 radical (unpaired) electrons. The van der Waals surface area contributed by atoms with E-state index in [0.717, 1.165) is 23.2 Å². The van der Waals surface area contributed by atoms with E-state index in [1.165, 1.54) is 16.7 Å². The van der Waals surface area contributed by atoms with Crippen molar-refractivity contribution in [3.63, 3.8) is 0 Å². The standard InChI is InChI=1S/C23H26N4O3S/c1-4-18-12-8-9-13-19(18)24-20(28)15-27(3)22(29)16(2)31-23-26-25-21(30-23)14-17-10-6-5-7-11-17/h5-13,16H,4,14-15H2,1-3H3,(H,24,28). The van der Waals surface area contributed by atoms with Crippen LogP contribution in [0.15, 0.2) is 64.2 Å². The molecule has 1 heterocycles. The second-order valence-electron chi connectivity index (χ2n) is 7.14. The van der Waals surface area contributed by atoms with Crippen molar-refractivity contribution in [1.29, 1.82) is 0 Å². The zero-order valence-corrected chi connectivity index (χ0v) is 18.7. The third-order valence-corrected chi connectivity index (χ3v) is 5.62. The first-order chi connectivity index (χ1) is 15.0. The van der Waals surface area contributed by atoms with Crippen molar-refractivity contribution in [2.24, 2.45) is 0 Å². The number of anilines is 1. The molecule has 0 saturated carbocycles. The number of amides is 2. The highest BCUT2D eigenvalue weighted by atomic mass is 32.2. The second kappa shape index (κ2) is 10.8. The number of thioether (sulfide) groups is 1. The minimum Gasteiger partial charge on any atom is -0.416 e. The Kier molecular flexibility index (Phi) is 7.83. The maximum Gasteiger partial charge on any atom is 0.277 e. The number of nitrogens with one attached hydrogen (secondary N) is 1. The number of hydrogen-bond acceptors (Lipinski definition) is 6. The fourth-order valence-corrected chi connectivity index (χ4v) is 3.89. The van der Waals surface area contributed by atoms with Crippen LogP contribution < -0.4 is 5.32 Å². The summed E-state index contributed by atoms with van der Waals surface area (Å²) in [4.78, 5) is 26.5. The fourth-order valence-electron chi connectivity index (χ4n) is 3.07. The van der Waals surface area contributed by atoms with Crippen molar-refractivity contribution in [3.8, 4) is 0 Å². The number of rotatable bonds is 9. The number of benzene rings is 2. The largest absolute Gasteiger partial charge is 0.416 e. The second-order valence-corrected chi connectivity index (χ2v) is 8.43. The molecular weight excluding hydrogens is 412 g/mol. The van der Waals surface area contributed by atoms with E-state index in [1.54, 1.807) is 14.0 Å². The molecule has 0 aliphatic rings. The zero-order chi connectivity index (χ0) is 22.2. The van der Waals surface area contributed by atoms with Gasteiger partial charge in [0.05, 0.1) is 18.2 Å². The normalized spacial score (nSPS) is 11.7.